The number of halogens is 3. The summed E-state index contributed by atoms with van der Waals surface area (Å²) in [5, 5.41) is 26.7. The number of hydrogen-bond acceptors (Lipinski definition) is 7. The van der Waals surface area contributed by atoms with E-state index in [9.17, 15) is 19.5 Å². The summed E-state index contributed by atoms with van der Waals surface area (Å²) in [6, 6.07) is 38.3. The van der Waals surface area contributed by atoms with Crippen LogP contribution in [-0.4, -0.2) is 39.9 Å². The van der Waals surface area contributed by atoms with Gasteiger partial charge in [-0.2, -0.15) is 5.26 Å². The second-order valence-corrected chi connectivity index (χ2v) is 16.1. The highest BCUT2D eigenvalue weighted by Gasteiger charge is 2.37. The molecule has 13 heteroatoms. The van der Waals surface area contributed by atoms with Crippen LogP contribution in [0, 0.1) is 11.3 Å². The number of anilines is 1. The fourth-order valence-electron chi connectivity index (χ4n) is 7.54. The van der Waals surface area contributed by atoms with Gasteiger partial charge in [-0.25, -0.2) is 4.79 Å². The normalized spacial score (nSPS) is 16.2. The second kappa shape index (κ2) is 18.1. The fraction of sp³-hybridized carbons (Fsp3) is 0.167. The summed E-state index contributed by atoms with van der Waals surface area (Å²) in [5.74, 6) is -0.868. The first-order valence-corrected chi connectivity index (χ1v) is 20.5. The van der Waals surface area contributed by atoms with E-state index in [1.165, 1.54) is 0 Å². The van der Waals surface area contributed by atoms with Crippen molar-refractivity contribution in [2.24, 2.45) is 0 Å². The summed E-state index contributed by atoms with van der Waals surface area (Å²) < 4.78 is 12.3. The number of nitrogens with one attached hydrogen (secondary N) is 2. The number of rotatable bonds is 12. The number of carbonyl (C=O) groups excluding carboxylic acids is 2. The number of amides is 2. The molecular weight excluding hydrogens is 835 g/mol. The molecule has 2 amide bonds. The Bertz CT molecular complexity index is 2670. The average Bonchev–Trinajstić information content (AvgIpc) is 3.26. The first-order valence-electron chi connectivity index (χ1n) is 19.4. The lowest BCUT2D eigenvalue weighted by Crippen LogP contribution is -2.54. The molecule has 1 unspecified atom stereocenters. The van der Waals surface area contributed by atoms with Crippen molar-refractivity contribution >= 4 is 58.3 Å². The standard InChI is InChI=1S/C48H37Cl3N4O6/c49-38-4-2-1-3-34(38)25-55-26-36-23-44-41(53-47(57)45(61-44)33-14-16-37(17-15-33)60-27-30-9-18-39(50)40(51)19-30)21-35(36)22-43(55)46(56)54-42(48(58)59)20-28-5-10-31(11-6-28)32-12-7-29(24-52)8-13-32/h1-19,21,23,42-43,45H,20,22,25-27H2,(H,53,57)(H,54,56)(H,58,59)/t42-,43-,45?/m0/s1. The third kappa shape index (κ3) is 9.51. The molecule has 0 fully saturated rings. The Hall–Kier alpha value is -6.35. The smallest absolute Gasteiger partial charge is 0.326 e. The van der Waals surface area contributed by atoms with Crippen molar-refractivity contribution in [3.63, 3.8) is 0 Å². The third-order valence-corrected chi connectivity index (χ3v) is 11.9. The summed E-state index contributed by atoms with van der Waals surface area (Å²) in [6.45, 7) is 0.929. The molecule has 10 nitrogen and oxygen atoms in total. The van der Waals surface area contributed by atoms with Crippen molar-refractivity contribution in [3.05, 3.63) is 181 Å². The Morgan fingerprint density at radius 3 is 2.25 bits per heavy atom. The minimum absolute atomic E-state index is 0.0646. The molecule has 2 heterocycles. The third-order valence-electron chi connectivity index (χ3n) is 10.8. The minimum Gasteiger partial charge on any atom is -0.489 e. The van der Waals surface area contributed by atoms with Crippen LogP contribution in [0.15, 0.2) is 127 Å². The maximum atomic E-state index is 14.2. The molecule has 2 aliphatic heterocycles. The maximum absolute atomic E-state index is 14.2. The Balaban J connectivity index is 0.984. The van der Waals surface area contributed by atoms with Gasteiger partial charge in [-0.15, -0.1) is 0 Å². The molecule has 0 spiro atoms. The molecule has 0 bridgehead atoms. The molecule has 6 aromatic rings. The van der Waals surface area contributed by atoms with E-state index in [4.69, 9.17) is 49.5 Å². The van der Waals surface area contributed by atoms with Gasteiger partial charge in [0, 0.05) is 30.1 Å². The van der Waals surface area contributed by atoms with Crippen LogP contribution in [0.2, 0.25) is 15.1 Å². The van der Waals surface area contributed by atoms with E-state index in [2.05, 4.69) is 16.7 Å². The van der Waals surface area contributed by atoms with Crippen molar-refractivity contribution in [1.29, 1.82) is 5.26 Å². The van der Waals surface area contributed by atoms with Gasteiger partial charge in [0.05, 0.1) is 33.4 Å². The first kappa shape index (κ1) is 41.4. The fourth-order valence-corrected chi connectivity index (χ4v) is 8.06. The van der Waals surface area contributed by atoms with Crippen LogP contribution in [0.25, 0.3) is 11.1 Å². The van der Waals surface area contributed by atoms with Crippen molar-refractivity contribution in [1.82, 2.24) is 10.2 Å². The zero-order chi connectivity index (χ0) is 42.6. The van der Waals surface area contributed by atoms with E-state index in [1.807, 2.05) is 77.7 Å². The molecule has 0 saturated carbocycles. The van der Waals surface area contributed by atoms with Crippen molar-refractivity contribution in [3.8, 4) is 28.7 Å². The van der Waals surface area contributed by atoms with Gasteiger partial charge in [-0.1, -0.05) is 108 Å². The number of ether oxygens (including phenoxy) is 2. The summed E-state index contributed by atoms with van der Waals surface area (Å²) in [6.07, 6.45) is -0.612. The zero-order valence-electron chi connectivity index (χ0n) is 32.4. The first-order chi connectivity index (χ1) is 29.5. The topological polar surface area (TPSA) is 141 Å². The second-order valence-electron chi connectivity index (χ2n) is 14.9. The van der Waals surface area contributed by atoms with E-state index in [-0.39, 0.29) is 25.4 Å². The van der Waals surface area contributed by atoms with Gasteiger partial charge in [0.15, 0.2) is 0 Å². The van der Waals surface area contributed by atoms with Crippen LogP contribution in [0.4, 0.5) is 5.69 Å². The summed E-state index contributed by atoms with van der Waals surface area (Å²) >= 11 is 18.8. The van der Waals surface area contributed by atoms with E-state index >= 15 is 0 Å². The summed E-state index contributed by atoms with van der Waals surface area (Å²) in [7, 11) is 0. The van der Waals surface area contributed by atoms with Crippen LogP contribution in [0.5, 0.6) is 11.5 Å². The highest BCUT2D eigenvalue weighted by molar-refractivity contribution is 6.42. The van der Waals surface area contributed by atoms with E-state index < -0.39 is 30.1 Å². The highest BCUT2D eigenvalue weighted by atomic mass is 35.5. The van der Waals surface area contributed by atoms with E-state index in [0.717, 1.165) is 38.9 Å². The van der Waals surface area contributed by atoms with Gasteiger partial charge < -0.3 is 25.2 Å². The molecule has 3 N–H and O–H groups in total. The number of benzene rings is 6. The number of nitrogens with zero attached hydrogens (tertiary/aromatic N) is 2. The molecule has 8 rings (SSSR count). The van der Waals surface area contributed by atoms with Gasteiger partial charge in [-0.3, -0.25) is 14.5 Å². The molecule has 2 aliphatic rings. The molecule has 61 heavy (non-hydrogen) atoms. The Morgan fingerprint density at radius 2 is 1.56 bits per heavy atom. The van der Waals surface area contributed by atoms with Crippen molar-refractivity contribution in [2.45, 2.75) is 50.7 Å². The van der Waals surface area contributed by atoms with Crippen molar-refractivity contribution < 1.29 is 29.0 Å². The number of carboxylic acids is 1. The van der Waals surface area contributed by atoms with Gasteiger partial charge in [0.25, 0.3) is 5.91 Å². The van der Waals surface area contributed by atoms with Crippen LogP contribution < -0.4 is 20.1 Å². The molecule has 0 radical (unpaired) electrons. The molecule has 3 atom stereocenters. The lowest BCUT2D eigenvalue weighted by atomic mass is 9.91. The number of nitriles is 1. The van der Waals surface area contributed by atoms with Crippen LogP contribution >= 0.6 is 34.8 Å². The Morgan fingerprint density at radius 1 is 0.852 bits per heavy atom. The zero-order valence-corrected chi connectivity index (χ0v) is 34.7. The quantitative estimate of drug-likeness (QED) is 0.111. The van der Waals surface area contributed by atoms with E-state index in [1.54, 1.807) is 54.6 Å². The van der Waals surface area contributed by atoms with Gasteiger partial charge in [0.2, 0.25) is 12.0 Å². The SMILES string of the molecule is N#Cc1ccc(-c2ccc(C[C@H](NC(=O)[C@@H]3Cc4cc5c(cc4CN3Cc3ccccc3Cl)OC(c3ccc(OCc4ccc(Cl)c(Cl)c4)cc3)C(=O)N5)C(=O)O)cc2)cc1. The van der Waals surface area contributed by atoms with Crippen molar-refractivity contribution in [2.75, 3.05) is 5.32 Å². The van der Waals surface area contributed by atoms with Crippen LogP contribution in [0.1, 0.15) is 45.0 Å². The highest BCUT2D eigenvalue weighted by Crippen LogP contribution is 2.40. The molecular formula is C48H37Cl3N4O6. The molecule has 6 aromatic carbocycles. The maximum Gasteiger partial charge on any atom is 0.326 e. The lowest BCUT2D eigenvalue weighted by molar-refractivity contribution is -0.142. The number of fused-ring (bicyclic) bond motifs is 2. The molecule has 0 saturated heterocycles. The summed E-state index contributed by atoms with van der Waals surface area (Å²) in [4.78, 5) is 42.2. The van der Waals surface area contributed by atoms with E-state index in [0.29, 0.717) is 56.5 Å². The molecule has 0 aromatic heterocycles. The Kier molecular flexibility index (Phi) is 12.3. The van der Waals surface area contributed by atoms with Crippen LogP contribution in [0.3, 0.4) is 0 Å². The van der Waals surface area contributed by atoms with Gasteiger partial charge in [0.1, 0.15) is 24.1 Å². The lowest BCUT2D eigenvalue weighted by Gasteiger charge is -2.38. The Labute approximate surface area is 367 Å². The van der Waals surface area contributed by atoms with Crippen LogP contribution in [-0.2, 0) is 46.9 Å². The number of aliphatic carboxylic acids is 1. The largest absolute Gasteiger partial charge is 0.489 e. The predicted octanol–water partition coefficient (Wildman–Crippen LogP) is 9.58. The molecule has 306 valence electrons. The number of carboxylic acid groups (broad SMARTS) is 1. The van der Waals surface area contributed by atoms with Gasteiger partial charge >= 0.3 is 5.97 Å². The monoisotopic (exact) mass is 870 g/mol. The van der Waals surface area contributed by atoms with Gasteiger partial charge in [-0.05, 0) is 100.0 Å². The minimum atomic E-state index is -1.20. The number of hydrogen-bond donors (Lipinski definition) is 3. The number of carbonyl (C=O) groups is 3. The summed E-state index contributed by atoms with van der Waals surface area (Å²) in [5.41, 5.74) is 7.63. The predicted molar refractivity (Wildman–Crippen MR) is 234 cm³/mol. The molecule has 0 aliphatic carbocycles. The average molecular weight is 872 g/mol.